The Bertz CT molecular complexity index is 706. The quantitative estimate of drug-likeness (QED) is 0.707. The van der Waals surface area contributed by atoms with Crippen molar-refractivity contribution < 1.29 is 14.1 Å². The van der Waals surface area contributed by atoms with Crippen LogP contribution in [-0.2, 0) is 16.0 Å². The Kier molecular flexibility index (Phi) is 6.98. The lowest BCUT2D eigenvalue weighted by atomic mass is 10.0. The van der Waals surface area contributed by atoms with Crippen molar-refractivity contribution in [1.82, 2.24) is 15.0 Å². The lowest BCUT2D eigenvalue weighted by molar-refractivity contribution is -0.134. The second kappa shape index (κ2) is 9.65. The third-order valence-corrected chi connectivity index (χ3v) is 4.90. The standard InChI is InChI=1S/C21H29N3O3/c1-16(2)8-9-20(25)24-13-10-18(11-14-24)26-15-12-19-22-21(27-23-19)17-6-4-3-5-7-17/h3-7,16,18H,8-15H2,1-2H3. The van der Waals surface area contributed by atoms with Gasteiger partial charge in [-0.1, -0.05) is 37.2 Å². The summed E-state index contributed by atoms with van der Waals surface area (Å²) in [4.78, 5) is 18.6. The predicted molar refractivity (Wildman–Crippen MR) is 103 cm³/mol. The number of nitrogens with zero attached hydrogens (tertiary/aromatic N) is 3. The first-order valence-corrected chi connectivity index (χ1v) is 9.89. The van der Waals surface area contributed by atoms with Crippen LogP contribution in [0.1, 0.15) is 45.4 Å². The zero-order valence-corrected chi connectivity index (χ0v) is 16.3. The van der Waals surface area contributed by atoms with E-state index in [9.17, 15) is 4.79 Å². The fourth-order valence-electron chi connectivity index (χ4n) is 3.21. The van der Waals surface area contributed by atoms with E-state index in [1.54, 1.807) is 0 Å². The first-order chi connectivity index (χ1) is 13.1. The molecule has 6 heteroatoms. The van der Waals surface area contributed by atoms with E-state index in [1.807, 2.05) is 35.2 Å². The Balaban J connectivity index is 1.36. The van der Waals surface area contributed by atoms with Crippen molar-refractivity contribution in [3.05, 3.63) is 36.2 Å². The second-order valence-corrected chi connectivity index (χ2v) is 7.52. The smallest absolute Gasteiger partial charge is 0.257 e. The van der Waals surface area contributed by atoms with Gasteiger partial charge in [-0.2, -0.15) is 4.98 Å². The minimum absolute atomic E-state index is 0.208. The maximum atomic E-state index is 12.2. The van der Waals surface area contributed by atoms with E-state index < -0.39 is 0 Å². The number of likely N-dealkylation sites (tertiary alicyclic amines) is 1. The molecular weight excluding hydrogens is 342 g/mol. The summed E-state index contributed by atoms with van der Waals surface area (Å²) < 4.78 is 11.3. The second-order valence-electron chi connectivity index (χ2n) is 7.52. The van der Waals surface area contributed by atoms with Crippen LogP contribution in [0.2, 0.25) is 0 Å². The molecule has 1 aliphatic rings. The van der Waals surface area contributed by atoms with Crippen LogP contribution in [0.5, 0.6) is 0 Å². The number of benzene rings is 1. The Morgan fingerprint density at radius 3 is 2.70 bits per heavy atom. The average molecular weight is 371 g/mol. The van der Waals surface area contributed by atoms with Gasteiger partial charge in [0.15, 0.2) is 5.82 Å². The summed E-state index contributed by atoms with van der Waals surface area (Å²) in [6.45, 7) is 6.46. The molecule has 0 aliphatic carbocycles. The fourth-order valence-corrected chi connectivity index (χ4v) is 3.21. The molecule has 146 valence electrons. The Labute approximate surface area is 160 Å². The van der Waals surface area contributed by atoms with Gasteiger partial charge < -0.3 is 14.2 Å². The van der Waals surface area contributed by atoms with E-state index in [0.717, 1.165) is 37.9 Å². The number of carbonyl (C=O) groups excluding carboxylic acids is 1. The van der Waals surface area contributed by atoms with E-state index in [-0.39, 0.29) is 12.0 Å². The van der Waals surface area contributed by atoms with Gasteiger partial charge in [0.2, 0.25) is 5.91 Å². The van der Waals surface area contributed by atoms with Crippen molar-refractivity contribution >= 4 is 5.91 Å². The molecule has 0 unspecified atom stereocenters. The van der Waals surface area contributed by atoms with E-state index in [0.29, 0.717) is 37.1 Å². The number of amides is 1. The molecular formula is C21H29N3O3. The van der Waals surface area contributed by atoms with Crippen LogP contribution < -0.4 is 0 Å². The molecule has 1 aromatic heterocycles. The Morgan fingerprint density at radius 1 is 1.26 bits per heavy atom. The molecule has 1 aromatic carbocycles. The Hall–Kier alpha value is -2.21. The molecule has 0 radical (unpaired) electrons. The van der Waals surface area contributed by atoms with Gasteiger partial charge in [0.25, 0.3) is 5.89 Å². The minimum Gasteiger partial charge on any atom is -0.378 e. The molecule has 0 saturated carbocycles. The third-order valence-electron chi connectivity index (χ3n) is 4.90. The first kappa shape index (κ1) is 19.5. The molecule has 0 N–H and O–H groups in total. The van der Waals surface area contributed by atoms with Gasteiger partial charge in [-0.05, 0) is 37.3 Å². The first-order valence-electron chi connectivity index (χ1n) is 9.89. The van der Waals surface area contributed by atoms with E-state index in [2.05, 4.69) is 24.0 Å². The lowest BCUT2D eigenvalue weighted by Crippen LogP contribution is -2.41. The molecule has 6 nitrogen and oxygen atoms in total. The van der Waals surface area contributed by atoms with Crippen molar-refractivity contribution in [3.8, 4) is 11.5 Å². The highest BCUT2D eigenvalue weighted by molar-refractivity contribution is 5.76. The molecule has 2 aromatic rings. The molecule has 1 aliphatic heterocycles. The molecule has 1 fully saturated rings. The zero-order chi connectivity index (χ0) is 19.1. The van der Waals surface area contributed by atoms with Crippen molar-refractivity contribution in [2.24, 2.45) is 5.92 Å². The van der Waals surface area contributed by atoms with Crippen LogP contribution in [0.15, 0.2) is 34.9 Å². The molecule has 3 rings (SSSR count). The molecule has 1 amide bonds. The van der Waals surface area contributed by atoms with Crippen molar-refractivity contribution in [1.29, 1.82) is 0 Å². The summed E-state index contributed by atoms with van der Waals surface area (Å²) in [5.74, 6) is 2.05. The number of hydrogen-bond donors (Lipinski definition) is 0. The lowest BCUT2D eigenvalue weighted by Gasteiger charge is -2.32. The van der Waals surface area contributed by atoms with E-state index >= 15 is 0 Å². The van der Waals surface area contributed by atoms with Gasteiger partial charge in [0.1, 0.15) is 0 Å². The third kappa shape index (κ3) is 5.89. The Morgan fingerprint density at radius 2 is 2.00 bits per heavy atom. The summed E-state index contributed by atoms with van der Waals surface area (Å²) in [5, 5.41) is 4.03. The van der Waals surface area contributed by atoms with E-state index in [4.69, 9.17) is 9.26 Å². The maximum Gasteiger partial charge on any atom is 0.257 e. The molecule has 0 atom stereocenters. The molecule has 27 heavy (non-hydrogen) atoms. The van der Waals surface area contributed by atoms with Gasteiger partial charge in [-0.15, -0.1) is 0 Å². The van der Waals surface area contributed by atoms with Crippen molar-refractivity contribution in [2.75, 3.05) is 19.7 Å². The average Bonchev–Trinajstić information content (AvgIpc) is 3.16. The highest BCUT2D eigenvalue weighted by Gasteiger charge is 2.23. The summed E-state index contributed by atoms with van der Waals surface area (Å²) in [7, 11) is 0. The normalized spacial score (nSPS) is 15.4. The van der Waals surface area contributed by atoms with Gasteiger partial charge in [-0.25, -0.2) is 0 Å². The van der Waals surface area contributed by atoms with Gasteiger partial charge in [0.05, 0.1) is 12.7 Å². The van der Waals surface area contributed by atoms with Crippen LogP contribution >= 0.6 is 0 Å². The van der Waals surface area contributed by atoms with Gasteiger partial charge in [-0.3, -0.25) is 4.79 Å². The van der Waals surface area contributed by atoms with Crippen LogP contribution in [0.3, 0.4) is 0 Å². The monoisotopic (exact) mass is 371 g/mol. The number of piperidine rings is 1. The van der Waals surface area contributed by atoms with Crippen molar-refractivity contribution in [2.45, 2.75) is 52.1 Å². The van der Waals surface area contributed by atoms with Gasteiger partial charge >= 0.3 is 0 Å². The summed E-state index contributed by atoms with van der Waals surface area (Å²) in [6, 6.07) is 9.75. The zero-order valence-electron chi connectivity index (χ0n) is 16.3. The predicted octanol–water partition coefficient (Wildman–Crippen LogP) is 3.72. The number of carbonyl (C=O) groups is 1. The molecule has 2 heterocycles. The topological polar surface area (TPSA) is 68.5 Å². The summed E-state index contributed by atoms with van der Waals surface area (Å²) >= 11 is 0. The number of aromatic nitrogens is 2. The maximum absolute atomic E-state index is 12.2. The fraction of sp³-hybridized carbons (Fsp3) is 0.571. The highest BCUT2D eigenvalue weighted by Crippen LogP contribution is 2.18. The molecule has 0 bridgehead atoms. The van der Waals surface area contributed by atoms with Crippen LogP contribution in [0.25, 0.3) is 11.5 Å². The number of ether oxygens (including phenoxy) is 1. The van der Waals surface area contributed by atoms with Crippen molar-refractivity contribution in [3.63, 3.8) is 0 Å². The van der Waals surface area contributed by atoms with Gasteiger partial charge in [0, 0.05) is 31.5 Å². The number of hydrogen-bond acceptors (Lipinski definition) is 5. The molecule has 1 saturated heterocycles. The van der Waals surface area contributed by atoms with E-state index in [1.165, 1.54) is 0 Å². The highest BCUT2D eigenvalue weighted by atomic mass is 16.5. The summed E-state index contributed by atoms with van der Waals surface area (Å²) in [6.07, 6.45) is 4.25. The van der Waals surface area contributed by atoms with Crippen LogP contribution in [0.4, 0.5) is 0 Å². The largest absolute Gasteiger partial charge is 0.378 e. The van der Waals surface area contributed by atoms with Crippen LogP contribution in [-0.4, -0.2) is 46.7 Å². The minimum atomic E-state index is 0.208. The van der Waals surface area contributed by atoms with Crippen LogP contribution in [0, 0.1) is 5.92 Å². The summed E-state index contributed by atoms with van der Waals surface area (Å²) in [5.41, 5.74) is 0.923. The molecule has 0 spiro atoms. The SMILES string of the molecule is CC(C)CCC(=O)N1CCC(OCCc2noc(-c3ccccc3)n2)CC1. The number of rotatable bonds is 8.